The summed E-state index contributed by atoms with van der Waals surface area (Å²) in [5.41, 5.74) is 1.65. The molecular weight excluding hydrogens is 254 g/mol. The zero-order valence-corrected chi connectivity index (χ0v) is 10.9. The molecule has 2 aromatic rings. The molecule has 3 rings (SSSR count). The van der Waals surface area contributed by atoms with Crippen LogP contribution in [0.5, 0.6) is 0 Å². The molecule has 1 amide bonds. The maximum atomic E-state index is 12.1. The predicted octanol–water partition coefficient (Wildman–Crippen LogP) is 1.96. The Kier molecular flexibility index (Phi) is 3.54. The van der Waals surface area contributed by atoms with Crippen LogP contribution in [-0.4, -0.2) is 26.1 Å². The zero-order valence-electron chi connectivity index (χ0n) is 10.9. The fourth-order valence-electron chi connectivity index (χ4n) is 2.25. The Balaban J connectivity index is 1.66. The average Bonchev–Trinajstić information content (AvgIpc) is 3.03. The summed E-state index contributed by atoms with van der Waals surface area (Å²) in [4.78, 5) is 12.1. The minimum Gasteiger partial charge on any atom is -0.326 e. The number of carbonyl (C=O) groups excluding carboxylic acids is 1. The Bertz CT molecular complexity index is 603. The largest absolute Gasteiger partial charge is 0.326 e. The summed E-state index contributed by atoms with van der Waals surface area (Å²) in [6.07, 6.45) is 8.47. The molecule has 1 aromatic carbocycles. The Morgan fingerprint density at radius 1 is 1.25 bits per heavy atom. The van der Waals surface area contributed by atoms with Crippen LogP contribution >= 0.6 is 0 Å². The number of hydrogen-bond donors (Lipinski definition) is 1. The van der Waals surface area contributed by atoms with Crippen molar-refractivity contribution in [1.82, 2.24) is 20.2 Å². The number of carbonyl (C=O) groups is 1. The van der Waals surface area contributed by atoms with E-state index in [4.69, 9.17) is 0 Å². The molecule has 0 bridgehead atoms. The van der Waals surface area contributed by atoms with Crippen LogP contribution in [0.2, 0.25) is 0 Å². The van der Waals surface area contributed by atoms with E-state index in [1.165, 1.54) is 6.33 Å². The minimum atomic E-state index is 0.0826. The highest BCUT2D eigenvalue weighted by Crippen LogP contribution is 2.20. The first kappa shape index (κ1) is 12.5. The lowest BCUT2D eigenvalue weighted by Crippen LogP contribution is -2.23. The fourth-order valence-corrected chi connectivity index (χ4v) is 2.25. The minimum absolute atomic E-state index is 0.0826. The first-order chi connectivity index (χ1) is 9.83. The Hall–Kier alpha value is -2.50. The number of nitrogens with one attached hydrogen (secondary N) is 1. The number of nitrogens with zero attached hydrogens (tertiary/aromatic N) is 4. The number of amides is 1. The molecule has 1 aliphatic rings. The van der Waals surface area contributed by atoms with Crippen molar-refractivity contribution in [3.8, 4) is 5.69 Å². The Morgan fingerprint density at radius 3 is 2.75 bits per heavy atom. The number of tetrazole rings is 1. The number of rotatable bonds is 3. The van der Waals surface area contributed by atoms with Crippen molar-refractivity contribution in [2.24, 2.45) is 5.92 Å². The molecule has 0 aliphatic heterocycles. The van der Waals surface area contributed by atoms with Crippen molar-refractivity contribution in [3.63, 3.8) is 0 Å². The third kappa shape index (κ3) is 2.74. The van der Waals surface area contributed by atoms with E-state index in [0.717, 1.165) is 30.6 Å². The summed E-state index contributed by atoms with van der Waals surface area (Å²) in [5.74, 6) is 0.170. The van der Waals surface area contributed by atoms with Crippen LogP contribution in [0.15, 0.2) is 42.7 Å². The summed E-state index contributed by atoms with van der Waals surface area (Å²) < 4.78 is 1.57. The number of hydrogen-bond acceptors (Lipinski definition) is 4. The van der Waals surface area contributed by atoms with Crippen molar-refractivity contribution in [1.29, 1.82) is 0 Å². The van der Waals surface area contributed by atoms with Crippen LogP contribution in [0.3, 0.4) is 0 Å². The highest BCUT2D eigenvalue weighted by molar-refractivity contribution is 5.92. The molecule has 1 heterocycles. The summed E-state index contributed by atoms with van der Waals surface area (Å²) in [6, 6.07) is 7.45. The van der Waals surface area contributed by atoms with Gasteiger partial charge in [-0.25, -0.2) is 4.68 Å². The SMILES string of the molecule is O=C(Nc1ccc(-n2cnnn2)cc1)C1CC=CCC1. The third-order valence-corrected chi connectivity index (χ3v) is 3.39. The van der Waals surface area contributed by atoms with Gasteiger partial charge in [0.05, 0.1) is 5.69 Å². The van der Waals surface area contributed by atoms with Crippen LogP contribution in [0.1, 0.15) is 19.3 Å². The van der Waals surface area contributed by atoms with Gasteiger partial charge in [-0.2, -0.15) is 0 Å². The normalized spacial score (nSPS) is 17.9. The molecule has 6 nitrogen and oxygen atoms in total. The van der Waals surface area contributed by atoms with Gasteiger partial charge in [-0.1, -0.05) is 12.2 Å². The van der Waals surface area contributed by atoms with Gasteiger partial charge in [0.2, 0.25) is 5.91 Å². The number of aromatic nitrogens is 4. The summed E-state index contributed by atoms with van der Waals surface area (Å²) in [6.45, 7) is 0. The molecule has 0 saturated carbocycles. The van der Waals surface area contributed by atoms with E-state index in [-0.39, 0.29) is 11.8 Å². The van der Waals surface area contributed by atoms with E-state index in [1.54, 1.807) is 4.68 Å². The second kappa shape index (κ2) is 5.64. The van der Waals surface area contributed by atoms with Gasteiger partial charge in [-0.05, 0) is 54.0 Å². The quantitative estimate of drug-likeness (QED) is 0.864. The fraction of sp³-hybridized carbons (Fsp3) is 0.286. The predicted molar refractivity (Wildman–Crippen MR) is 74.3 cm³/mol. The van der Waals surface area contributed by atoms with Crippen molar-refractivity contribution in [2.75, 3.05) is 5.32 Å². The van der Waals surface area contributed by atoms with Crippen LogP contribution in [-0.2, 0) is 4.79 Å². The van der Waals surface area contributed by atoms with Gasteiger partial charge in [0, 0.05) is 11.6 Å². The lowest BCUT2D eigenvalue weighted by molar-refractivity contribution is -0.120. The zero-order chi connectivity index (χ0) is 13.8. The maximum absolute atomic E-state index is 12.1. The van der Waals surface area contributed by atoms with Crippen LogP contribution in [0.4, 0.5) is 5.69 Å². The number of allylic oxidation sites excluding steroid dienone is 2. The van der Waals surface area contributed by atoms with Crippen molar-refractivity contribution >= 4 is 11.6 Å². The van der Waals surface area contributed by atoms with E-state index < -0.39 is 0 Å². The maximum Gasteiger partial charge on any atom is 0.227 e. The average molecular weight is 269 g/mol. The molecule has 0 fully saturated rings. The molecule has 1 atom stereocenters. The molecular formula is C14H15N5O. The monoisotopic (exact) mass is 269 g/mol. The Labute approximate surface area is 116 Å². The molecule has 1 aromatic heterocycles. The van der Waals surface area contributed by atoms with Gasteiger partial charge in [0.15, 0.2) is 0 Å². The third-order valence-electron chi connectivity index (χ3n) is 3.39. The van der Waals surface area contributed by atoms with E-state index in [0.29, 0.717) is 0 Å². The van der Waals surface area contributed by atoms with Gasteiger partial charge in [-0.15, -0.1) is 5.10 Å². The van der Waals surface area contributed by atoms with Gasteiger partial charge >= 0.3 is 0 Å². The number of benzene rings is 1. The van der Waals surface area contributed by atoms with Crippen molar-refractivity contribution < 1.29 is 4.79 Å². The highest BCUT2D eigenvalue weighted by atomic mass is 16.1. The molecule has 0 saturated heterocycles. The van der Waals surface area contributed by atoms with Gasteiger partial charge < -0.3 is 5.32 Å². The summed E-state index contributed by atoms with van der Waals surface area (Å²) in [7, 11) is 0. The van der Waals surface area contributed by atoms with E-state index >= 15 is 0 Å². The van der Waals surface area contributed by atoms with Gasteiger partial charge in [0.25, 0.3) is 0 Å². The van der Waals surface area contributed by atoms with Gasteiger partial charge in [-0.3, -0.25) is 4.79 Å². The lowest BCUT2D eigenvalue weighted by atomic mass is 9.93. The smallest absolute Gasteiger partial charge is 0.227 e. The van der Waals surface area contributed by atoms with Crippen molar-refractivity contribution in [3.05, 3.63) is 42.7 Å². The molecule has 1 unspecified atom stereocenters. The summed E-state index contributed by atoms with van der Waals surface area (Å²) in [5, 5.41) is 13.9. The van der Waals surface area contributed by atoms with Gasteiger partial charge in [0.1, 0.15) is 6.33 Å². The first-order valence-electron chi connectivity index (χ1n) is 6.62. The summed E-state index contributed by atoms with van der Waals surface area (Å²) >= 11 is 0. The molecule has 1 N–H and O–H groups in total. The van der Waals surface area contributed by atoms with Crippen LogP contribution in [0.25, 0.3) is 5.69 Å². The number of anilines is 1. The molecule has 20 heavy (non-hydrogen) atoms. The molecule has 6 heteroatoms. The van der Waals surface area contributed by atoms with E-state index in [2.05, 4.69) is 33.0 Å². The van der Waals surface area contributed by atoms with Crippen LogP contribution < -0.4 is 5.32 Å². The standard InChI is InChI=1S/C14H15N5O/c20-14(11-4-2-1-3-5-11)16-12-6-8-13(9-7-12)19-10-15-17-18-19/h1-2,6-11H,3-5H2,(H,16,20). The van der Waals surface area contributed by atoms with E-state index in [9.17, 15) is 4.79 Å². The topological polar surface area (TPSA) is 72.7 Å². The lowest BCUT2D eigenvalue weighted by Gasteiger charge is -2.17. The molecule has 1 aliphatic carbocycles. The first-order valence-corrected chi connectivity index (χ1v) is 6.62. The molecule has 102 valence electrons. The second-order valence-electron chi connectivity index (χ2n) is 4.77. The van der Waals surface area contributed by atoms with Crippen LogP contribution in [0, 0.1) is 5.92 Å². The highest BCUT2D eigenvalue weighted by Gasteiger charge is 2.18. The molecule has 0 radical (unpaired) electrons. The Morgan fingerprint density at radius 2 is 2.10 bits per heavy atom. The second-order valence-corrected chi connectivity index (χ2v) is 4.77. The molecule has 0 spiro atoms. The van der Waals surface area contributed by atoms with Crippen molar-refractivity contribution in [2.45, 2.75) is 19.3 Å². The van der Waals surface area contributed by atoms with E-state index in [1.807, 2.05) is 24.3 Å².